The summed E-state index contributed by atoms with van der Waals surface area (Å²) in [7, 11) is 1.79. The molecule has 0 aliphatic rings. The Morgan fingerprint density at radius 3 is 2.85 bits per heavy atom. The van der Waals surface area contributed by atoms with Gasteiger partial charge in [0, 0.05) is 37.5 Å². The number of aliphatic hydroxyl groups is 1. The number of aromatic nitrogens is 2. The molecule has 1 aromatic carbocycles. The van der Waals surface area contributed by atoms with Crippen molar-refractivity contribution in [2.24, 2.45) is 12.0 Å². The van der Waals surface area contributed by atoms with Gasteiger partial charge in [-0.05, 0) is 19.4 Å². The Morgan fingerprint density at radius 1 is 1.46 bits per heavy atom. The van der Waals surface area contributed by atoms with Crippen LogP contribution in [0.25, 0.3) is 0 Å². The Bertz CT molecular complexity index is 784. The number of benzene rings is 1. The van der Waals surface area contributed by atoms with Crippen molar-refractivity contribution in [1.82, 2.24) is 20.4 Å². The smallest absolute Gasteiger partial charge is 0.269 e. The first-order valence-electron chi connectivity index (χ1n) is 8.29. The van der Waals surface area contributed by atoms with E-state index >= 15 is 0 Å². The molecule has 1 aromatic heterocycles. The monoisotopic (exact) mass is 360 g/mol. The average molecular weight is 360 g/mol. The molecule has 2 aromatic rings. The molecule has 1 unspecified atom stereocenters. The van der Waals surface area contributed by atoms with Crippen LogP contribution >= 0.6 is 0 Å². The third-order valence-electron chi connectivity index (χ3n) is 3.81. The molecule has 1 heterocycles. The van der Waals surface area contributed by atoms with Gasteiger partial charge in [-0.2, -0.15) is 5.10 Å². The maximum absolute atomic E-state index is 10.9. The van der Waals surface area contributed by atoms with E-state index in [0.29, 0.717) is 18.1 Å². The molecule has 26 heavy (non-hydrogen) atoms. The van der Waals surface area contributed by atoms with Gasteiger partial charge in [-0.25, -0.2) is 4.99 Å². The first-order valence-corrected chi connectivity index (χ1v) is 8.29. The lowest BCUT2D eigenvalue weighted by atomic mass is 10.00. The van der Waals surface area contributed by atoms with Crippen LogP contribution in [0.2, 0.25) is 0 Å². The lowest BCUT2D eigenvalue weighted by Crippen LogP contribution is -2.44. The number of rotatable bonds is 7. The topological polar surface area (TPSA) is 118 Å². The number of nitrogens with zero attached hydrogens (tertiary/aromatic N) is 4. The van der Waals surface area contributed by atoms with Gasteiger partial charge < -0.3 is 15.7 Å². The number of aliphatic imine (C=N–C) groups is 1. The average Bonchev–Trinajstić information content (AvgIpc) is 3.05. The molecule has 0 aliphatic heterocycles. The molecule has 2 rings (SSSR count). The molecular weight excluding hydrogens is 336 g/mol. The second-order valence-electron chi connectivity index (χ2n) is 6.15. The fourth-order valence-electron chi connectivity index (χ4n) is 2.34. The van der Waals surface area contributed by atoms with Crippen molar-refractivity contribution in [2.45, 2.75) is 26.0 Å². The quantitative estimate of drug-likeness (QED) is 0.296. The molecule has 3 N–H and O–H groups in total. The molecule has 0 saturated heterocycles. The van der Waals surface area contributed by atoms with Crippen molar-refractivity contribution in [2.75, 3.05) is 13.1 Å². The van der Waals surface area contributed by atoms with Crippen molar-refractivity contribution < 1.29 is 10.0 Å². The van der Waals surface area contributed by atoms with E-state index in [2.05, 4.69) is 20.7 Å². The molecule has 0 fully saturated rings. The minimum atomic E-state index is -1.12. The number of nitro benzene ring substituents is 1. The van der Waals surface area contributed by atoms with Crippen LogP contribution < -0.4 is 10.6 Å². The summed E-state index contributed by atoms with van der Waals surface area (Å²) in [6.45, 7) is 4.80. The van der Waals surface area contributed by atoms with E-state index in [1.54, 1.807) is 43.2 Å². The van der Waals surface area contributed by atoms with Gasteiger partial charge in [0.05, 0.1) is 24.2 Å². The number of non-ortho nitro benzene ring substituents is 1. The van der Waals surface area contributed by atoms with Crippen LogP contribution in [-0.4, -0.2) is 38.9 Å². The van der Waals surface area contributed by atoms with Crippen molar-refractivity contribution >= 4 is 11.6 Å². The van der Waals surface area contributed by atoms with Crippen molar-refractivity contribution in [1.29, 1.82) is 0 Å². The van der Waals surface area contributed by atoms with Gasteiger partial charge in [0.2, 0.25) is 0 Å². The van der Waals surface area contributed by atoms with E-state index in [0.717, 1.165) is 5.56 Å². The third kappa shape index (κ3) is 5.28. The van der Waals surface area contributed by atoms with Gasteiger partial charge >= 0.3 is 0 Å². The highest BCUT2D eigenvalue weighted by Gasteiger charge is 2.25. The summed E-state index contributed by atoms with van der Waals surface area (Å²) in [6.07, 6.45) is 3.38. The molecule has 0 saturated carbocycles. The summed E-state index contributed by atoms with van der Waals surface area (Å²) >= 11 is 0. The highest BCUT2D eigenvalue weighted by Crippen LogP contribution is 2.18. The second-order valence-corrected chi connectivity index (χ2v) is 6.15. The van der Waals surface area contributed by atoms with Crippen LogP contribution in [0.4, 0.5) is 5.69 Å². The van der Waals surface area contributed by atoms with Gasteiger partial charge in [-0.3, -0.25) is 14.8 Å². The van der Waals surface area contributed by atoms with Gasteiger partial charge in [-0.15, -0.1) is 0 Å². The Morgan fingerprint density at radius 2 is 2.23 bits per heavy atom. The van der Waals surface area contributed by atoms with Crippen LogP contribution in [0.15, 0.2) is 41.7 Å². The Balaban J connectivity index is 2.04. The van der Waals surface area contributed by atoms with Crippen LogP contribution in [0.5, 0.6) is 0 Å². The summed E-state index contributed by atoms with van der Waals surface area (Å²) < 4.78 is 1.63. The second kappa shape index (κ2) is 8.43. The maximum Gasteiger partial charge on any atom is 0.269 e. The molecule has 9 nitrogen and oxygen atoms in total. The first-order chi connectivity index (χ1) is 12.3. The minimum absolute atomic E-state index is 0.0372. The van der Waals surface area contributed by atoms with Crippen LogP contribution in [-0.2, 0) is 19.2 Å². The lowest BCUT2D eigenvalue weighted by molar-refractivity contribution is -0.384. The van der Waals surface area contributed by atoms with Crippen molar-refractivity contribution in [3.8, 4) is 0 Å². The summed E-state index contributed by atoms with van der Waals surface area (Å²) in [5.41, 5.74) is 0.350. The first kappa shape index (κ1) is 19.4. The minimum Gasteiger partial charge on any atom is -0.383 e. The van der Waals surface area contributed by atoms with E-state index in [4.69, 9.17) is 0 Å². The fourth-order valence-corrected chi connectivity index (χ4v) is 2.34. The Hall–Kier alpha value is -2.94. The predicted octanol–water partition coefficient (Wildman–Crippen LogP) is 1.29. The van der Waals surface area contributed by atoms with Crippen LogP contribution in [0.1, 0.15) is 25.0 Å². The number of hydrogen-bond acceptors (Lipinski definition) is 5. The summed E-state index contributed by atoms with van der Waals surface area (Å²) in [6, 6.07) is 6.36. The number of aryl methyl sites for hydroxylation is 1. The normalized spacial score (nSPS) is 13.9. The van der Waals surface area contributed by atoms with Crippen LogP contribution in [0.3, 0.4) is 0 Å². The maximum atomic E-state index is 10.9. The molecule has 0 spiro atoms. The number of nitrogens with one attached hydrogen (secondary N) is 2. The van der Waals surface area contributed by atoms with Crippen molar-refractivity contribution in [3.63, 3.8) is 0 Å². The zero-order chi connectivity index (χ0) is 19.2. The predicted molar refractivity (Wildman–Crippen MR) is 98.7 cm³/mol. The third-order valence-corrected chi connectivity index (χ3v) is 3.81. The Kier molecular flexibility index (Phi) is 6.29. The number of hydrogen-bond donors (Lipinski definition) is 3. The zero-order valence-corrected chi connectivity index (χ0v) is 15.1. The fraction of sp³-hybridized carbons (Fsp3) is 0.412. The van der Waals surface area contributed by atoms with Crippen molar-refractivity contribution in [3.05, 3.63) is 57.9 Å². The zero-order valence-electron chi connectivity index (χ0n) is 15.1. The van der Waals surface area contributed by atoms with Gasteiger partial charge in [0.25, 0.3) is 5.69 Å². The lowest BCUT2D eigenvalue weighted by Gasteiger charge is -2.23. The van der Waals surface area contributed by atoms with E-state index in [1.807, 2.05) is 6.92 Å². The molecule has 0 bridgehead atoms. The molecule has 0 aliphatic carbocycles. The largest absolute Gasteiger partial charge is 0.383 e. The number of guanidine groups is 1. The highest BCUT2D eigenvalue weighted by atomic mass is 16.6. The molecule has 1 atom stereocenters. The van der Waals surface area contributed by atoms with E-state index in [-0.39, 0.29) is 18.8 Å². The van der Waals surface area contributed by atoms with E-state index in [9.17, 15) is 15.2 Å². The number of nitro groups is 1. The highest BCUT2D eigenvalue weighted by molar-refractivity contribution is 5.79. The molecule has 0 radical (unpaired) electrons. The SMILES string of the molecule is CCNC(=NCc1cccc([N+](=O)[O-])c1)NCC(C)(O)c1cnn(C)c1. The molecule has 0 amide bonds. The van der Waals surface area contributed by atoms with E-state index < -0.39 is 10.5 Å². The molecule has 9 heteroatoms. The Labute approximate surface area is 151 Å². The summed E-state index contributed by atoms with van der Waals surface area (Å²) in [4.78, 5) is 14.9. The summed E-state index contributed by atoms with van der Waals surface area (Å²) in [5.74, 6) is 0.517. The standard InChI is InChI=1S/C17H24N6O3/c1-4-18-16(19-9-13-6-5-7-15(8-13)23(25)26)20-12-17(2,24)14-10-21-22(3)11-14/h5-8,10-11,24H,4,9,12H2,1-3H3,(H2,18,19,20). The van der Waals surface area contributed by atoms with E-state index in [1.165, 1.54) is 12.1 Å². The molecular formula is C17H24N6O3. The van der Waals surface area contributed by atoms with Crippen LogP contribution in [0, 0.1) is 10.1 Å². The molecule has 140 valence electrons. The summed E-state index contributed by atoms with van der Waals surface area (Å²) in [5, 5.41) is 31.7. The van der Waals surface area contributed by atoms with Gasteiger partial charge in [0.15, 0.2) is 5.96 Å². The van der Waals surface area contributed by atoms with Gasteiger partial charge in [-0.1, -0.05) is 12.1 Å². The van der Waals surface area contributed by atoms with Gasteiger partial charge in [0.1, 0.15) is 5.60 Å².